The van der Waals surface area contributed by atoms with Crippen LogP contribution < -0.4 is 10.6 Å². The molecule has 3 amide bonds. The van der Waals surface area contributed by atoms with Crippen LogP contribution in [0.3, 0.4) is 0 Å². The molecular weight excluding hydrogens is 522 g/mol. The average molecular weight is 546 g/mol. The molecular formula is C27H24ClN7O4. The van der Waals surface area contributed by atoms with E-state index in [9.17, 15) is 19.2 Å². The molecule has 0 aliphatic heterocycles. The van der Waals surface area contributed by atoms with Crippen molar-refractivity contribution in [2.45, 2.75) is 32.4 Å². The highest BCUT2D eigenvalue weighted by Crippen LogP contribution is 2.28. The highest BCUT2D eigenvalue weighted by molar-refractivity contribution is 6.29. The molecule has 11 nitrogen and oxygen atoms in total. The maximum atomic E-state index is 13.3. The summed E-state index contributed by atoms with van der Waals surface area (Å²) in [5, 5.41) is 10.6. The summed E-state index contributed by atoms with van der Waals surface area (Å²) in [6.07, 6.45) is 4.63. The summed E-state index contributed by atoms with van der Waals surface area (Å²) in [4.78, 5) is 60.4. The Bertz CT molecular complexity index is 1580. The standard InChI is InChI=1S/C27H24ClN7O4/c1-16(36)26-20-12-18(30-27(39)17-4-3-11-29-13-17)7-10-21(20)35(33-26)15-25(38)34(19-8-9-19)14-24(37)32-23-6-2-5-22(28)31-23/h2-7,10-13,19H,8-9,14-15H2,1H3,(H,30,39)(H,31,32,37). The van der Waals surface area contributed by atoms with Gasteiger partial charge in [-0.2, -0.15) is 5.10 Å². The second kappa shape index (κ2) is 11.0. The lowest BCUT2D eigenvalue weighted by Crippen LogP contribution is -2.41. The molecule has 0 spiro atoms. The molecule has 39 heavy (non-hydrogen) atoms. The van der Waals surface area contributed by atoms with Crippen molar-refractivity contribution < 1.29 is 19.2 Å². The third kappa shape index (κ3) is 6.10. The van der Waals surface area contributed by atoms with Gasteiger partial charge in [0, 0.05) is 36.4 Å². The number of anilines is 2. The Morgan fingerprint density at radius 3 is 2.59 bits per heavy atom. The first-order chi connectivity index (χ1) is 18.8. The van der Waals surface area contributed by atoms with E-state index in [1.165, 1.54) is 22.7 Å². The Morgan fingerprint density at radius 2 is 1.90 bits per heavy atom. The number of nitrogens with one attached hydrogen (secondary N) is 2. The quantitative estimate of drug-likeness (QED) is 0.242. The van der Waals surface area contributed by atoms with Crippen molar-refractivity contribution in [1.82, 2.24) is 24.6 Å². The van der Waals surface area contributed by atoms with Gasteiger partial charge in [-0.05, 0) is 55.3 Å². The fourth-order valence-electron chi connectivity index (χ4n) is 4.18. The molecule has 12 heteroatoms. The van der Waals surface area contributed by atoms with E-state index >= 15 is 0 Å². The number of benzene rings is 1. The Morgan fingerprint density at radius 1 is 1.08 bits per heavy atom. The van der Waals surface area contributed by atoms with Gasteiger partial charge in [0.25, 0.3) is 5.91 Å². The highest BCUT2D eigenvalue weighted by atomic mass is 35.5. The van der Waals surface area contributed by atoms with Gasteiger partial charge in [0.05, 0.1) is 11.1 Å². The van der Waals surface area contributed by atoms with Crippen LogP contribution in [0, 0.1) is 0 Å². The lowest BCUT2D eigenvalue weighted by Gasteiger charge is -2.22. The number of carbonyl (C=O) groups excluding carboxylic acids is 4. The number of rotatable bonds is 9. The minimum Gasteiger partial charge on any atom is -0.329 e. The summed E-state index contributed by atoms with van der Waals surface area (Å²) < 4.78 is 1.45. The van der Waals surface area contributed by atoms with E-state index in [0.717, 1.165) is 12.8 Å². The van der Waals surface area contributed by atoms with Crippen LogP contribution in [-0.4, -0.2) is 60.7 Å². The molecule has 0 radical (unpaired) electrons. The largest absolute Gasteiger partial charge is 0.329 e. The lowest BCUT2D eigenvalue weighted by molar-refractivity contribution is -0.135. The summed E-state index contributed by atoms with van der Waals surface area (Å²) in [5.74, 6) is -1.03. The summed E-state index contributed by atoms with van der Waals surface area (Å²) in [6.45, 7) is 1.07. The number of carbonyl (C=O) groups is 4. The number of hydrogen-bond acceptors (Lipinski definition) is 7. The van der Waals surface area contributed by atoms with Gasteiger partial charge in [0.15, 0.2) is 5.78 Å². The predicted molar refractivity (Wildman–Crippen MR) is 145 cm³/mol. The molecule has 0 unspecified atom stereocenters. The Balaban J connectivity index is 1.34. The van der Waals surface area contributed by atoms with Gasteiger partial charge in [-0.15, -0.1) is 0 Å². The van der Waals surface area contributed by atoms with E-state index < -0.39 is 5.91 Å². The van der Waals surface area contributed by atoms with Crippen LogP contribution in [0.25, 0.3) is 10.9 Å². The maximum absolute atomic E-state index is 13.3. The summed E-state index contributed by atoms with van der Waals surface area (Å²) in [7, 11) is 0. The number of halogens is 1. The number of Topliss-reactive ketones (excluding diaryl/α,β-unsaturated/α-hetero) is 1. The molecule has 1 aliphatic carbocycles. The maximum Gasteiger partial charge on any atom is 0.257 e. The van der Waals surface area contributed by atoms with Crippen LogP contribution in [0.1, 0.15) is 40.6 Å². The van der Waals surface area contributed by atoms with Crippen molar-refractivity contribution in [2.24, 2.45) is 0 Å². The second-order valence-electron chi connectivity index (χ2n) is 9.14. The summed E-state index contributed by atoms with van der Waals surface area (Å²) in [5.41, 5.74) is 1.59. The number of aromatic nitrogens is 4. The zero-order valence-electron chi connectivity index (χ0n) is 20.9. The number of amides is 3. The predicted octanol–water partition coefficient (Wildman–Crippen LogP) is 3.56. The van der Waals surface area contributed by atoms with Gasteiger partial charge < -0.3 is 15.5 Å². The topological polar surface area (TPSA) is 139 Å². The first-order valence-electron chi connectivity index (χ1n) is 12.2. The molecule has 3 aromatic heterocycles. The molecule has 1 fully saturated rings. The van der Waals surface area contributed by atoms with Gasteiger partial charge >= 0.3 is 0 Å². The van der Waals surface area contributed by atoms with Crippen LogP contribution >= 0.6 is 11.6 Å². The van der Waals surface area contributed by atoms with Gasteiger partial charge in [-0.25, -0.2) is 4.98 Å². The SMILES string of the molecule is CC(=O)c1nn(CC(=O)N(CC(=O)Nc2cccc(Cl)n2)C2CC2)c2ccc(NC(=O)c3cccnc3)cc12. The molecule has 3 heterocycles. The fourth-order valence-corrected chi connectivity index (χ4v) is 4.34. The van der Waals surface area contributed by atoms with Crippen LogP contribution in [0.4, 0.5) is 11.5 Å². The molecule has 2 N–H and O–H groups in total. The molecule has 0 saturated heterocycles. The zero-order chi connectivity index (χ0) is 27.5. The second-order valence-corrected chi connectivity index (χ2v) is 9.52. The van der Waals surface area contributed by atoms with Crippen LogP contribution in [-0.2, 0) is 16.1 Å². The van der Waals surface area contributed by atoms with E-state index in [2.05, 4.69) is 25.7 Å². The number of fused-ring (bicyclic) bond motifs is 1. The first-order valence-corrected chi connectivity index (χ1v) is 12.6. The number of ketones is 1. The van der Waals surface area contributed by atoms with Crippen molar-refractivity contribution in [2.75, 3.05) is 17.2 Å². The molecule has 1 aromatic carbocycles. The third-order valence-corrected chi connectivity index (χ3v) is 6.37. The van der Waals surface area contributed by atoms with Crippen LogP contribution in [0.15, 0.2) is 60.9 Å². The zero-order valence-corrected chi connectivity index (χ0v) is 21.7. The minimum atomic E-state index is -0.395. The van der Waals surface area contributed by atoms with E-state index in [0.29, 0.717) is 28.0 Å². The fraction of sp³-hybridized carbons (Fsp3) is 0.222. The van der Waals surface area contributed by atoms with E-state index in [4.69, 9.17) is 11.6 Å². The summed E-state index contributed by atoms with van der Waals surface area (Å²) in [6, 6.07) is 13.2. The average Bonchev–Trinajstić information content (AvgIpc) is 3.69. The van der Waals surface area contributed by atoms with Crippen LogP contribution in [0.2, 0.25) is 5.15 Å². The Hall–Kier alpha value is -4.64. The summed E-state index contributed by atoms with van der Waals surface area (Å²) >= 11 is 5.89. The Labute approximate surface area is 228 Å². The van der Waals surface area contributed by atoms with Gasteiger partial charge in [-0.1, -0.05) is 17.7 Å². The monoisotopic (exact) mass is 545 g/mol. The molecule has 198 valence electrons. The normalized spacial score (nSPS) is 12.7. The third-order valence-electron chi connectivity index (χ3n) is 6.16. The van der Waals surface area contributed by atoms with E-state index in [1.54, 1.807) is 54.7 Å². The molecule has 1 aliphatic rings. The van der Waals surface area contributed by atoms with Gasteiger partial charge in [0.2, 0.25) is 11.8 Å². The van der Waals surface area contributed by atoms with E-state index in [-0.39, 0.29) is 47.6 Å². The molecule has 0 bridgehead atoms. The van der Waals surface area contributed by atoms with Gasteiger partial charge in [0.1, 0.15) is 29.8 Å². The highest BCUT2D eigenvalue weighted by Gasteiger charge is 2.34. The molecule has 4 aromatic rings. The smallest absolute Gasteiger partial charge is 0.257 e. The number of hydrogen-bond donors (Lipinski definition) is 2. The van der Waals surface area contributed by atoms with Crippen LogP contribution in [0.5, 0.6) is 0 Å². The molecule has 0 atom stereocenters. The van der Waals surface area contributed by atoms with Crippen molar-refractivity contribution in [3.05, 3.63) is 77.3 Å². The minimum absolute atomic E-state index is 0.0426. The van der Waals surface area contributed by atoms with Crippen molar-refractivity contribution in [1.29, 1.82) is 0 Å². The number of nitrogens with zero attached hydrogens (tertiary/aromatic N) is 5. The molecule has 5 rings (SSSR count). The molecule has 1 saturated carbocycles. The lowest BCUT2D eigenvalue weighted by atomic mass is 10.1. The van der Waals surface area contributed by atoms with E-state index in [1.807, 2.05) is 0 Å². The Kier molecular flexibility index (Phi) is 7.33. The first kappa shape index (κ1) is 26.0. The van der Waals surface area contributed by atoms with Crippen molar-refractivity contribution in [3.8, 4) is 0 Å². The number of pyridine rings is 2. The van der Waals surface area contributed by atoms with Crippen molar-refractivity contribution >= 4 is 57.5 Å². The van der Waals surface area contributed by atoms with Gasteiger partial charge in [-0.3, -0.25) is 28.8 Å². The van der Waals surface area contributed by atoms with Crippen molar-refractivity contribution in [3.63, 3.8) is 0 Å².